The van der Waals surface area contributed by atoms with Crippen LogP contribution in [0.25, 0.3) is 11.3 Å². The number of ether oxygens (including phenoxy) is 1. The van der Waals surface area contributed by atoms with Gasteiger partial charge in [-0.25, -0.2) is 9.37 Å². The Hall–Kier alpha value is -3.07. The van der Waals surface area contributed by atoms with Gasteiger partial charge in [-0.1, -0.05) is 18.2 Å². The molecule has 0 radical (unpaired) electrons. The molecule has 1 amide bonds. The van der Waals surface area contributed by atoms with Crippen LogP contribution in [0, 0.1) is 5.82 Å². The average molecular weight is 399 g/mol. The predicted molar refractivity (Wildman–Crippen MR) is 104 cm³/mol. The van der Waals surface area contributed by atoms with Gasteiger partial charge < -0.3 is 14.5 Å². The molecule has 1 aliphatic heterocycles. The van der Waals surface area contributed by atoms with Crippen LogP contribution in [0.1, 0.15) is 0 Å². The number of rotatable bonds is 5. The van der Waals surface area contributed by atoms with Crippen LogP contribution in [0.4, 0.5) is 10.2 Å². The number of aromatic nitrogens is 3. The van der Waals surface area contributed by atoms with E-state index in [1.807, 2.05) is 18.2 Å². The van der Waals surface area contributed by atoms with Gasteiger partial charge in [-0.15, -0.1) is 4.37 Å². The van der Waals surface area contributed by atoms with E-state index in [1.54, 1.807) is 23.2 Å². The SMILES string of the molecule is O=C(COc1nsnc1-c1cccc(F)c1)N1CCN(c2ccccn2)CC1. The molecule has 1 aromatic carbocycles. The molecule has 3 aromatic rings. The number of halogens is 1. The van der Waals surface area contributed by atoms with E-state index in [0.717, 1.165) is 30.6 Å². The largest absolute Gasteiger partial charge is 0.465 e. The van der Waals surface area contributed by atoms with E-state index in [2.05, 4.69) is 18.6 Å². The lowest BCUT2D eigenvalue weighted by Gasteiger charge is -2.35. The molecule has 0 N–H and O–H groups in total. The zero-order valence-electron chi connectivity index (χ0n) is 15.0. The highest BCUT2D eigenvalue weighted by molar-refractivity contribution is 6.99. The monoisotopic (exact) mass is 399 g/mol. The highest BCUT2D eigenvalue weighted by Crippen LogP contribution is 2.28. The smallest absolute Gasteiger partial charge is 0.260 e. The molecule has 0 bridgehead atoms. The predicted octanol–water partition coefficient (Wildman–Crippen LogP) is 2.47. The number of carbonyl (C=O) groups excluding carboxylic acids is 1. The van der Waals surface area contributed by atoms with Gasteiger partial charge in [0.25, 0.3) is 11.8 Å². The van der Waals surface area contributed by atoms with E-state index in [-0.39, 0.29) is 24.2 Å². The summed E-state index contributed by atoms with van der Waals surface area (Å²) in [6, 6.07) is 11.8. The third-order valence-corrected chi connectivity index (χ3v) is 5.01. The molecule has 4 rings (SSSR count). The quantitative estimate of drug-likeness (QED) is 0.656. The summed E-state index contributed by atoms with van der Waals surface area (Å²) in [4.78, 5) is 20.8. The Morgan fingerprint density at radius 1 is 1.11 bits per heavy atom. The summed E-state index contributed by atoms with van der Waals surface area (Å²) in [6.45, 7) is 2.51. The first-order valence-electron chi connectivity index (χ1n) is 8.86. The molecular weight excluding hydrogens is 381 g/mol. The van der Waals surface area contributed by atoms with E-state index in [4.69, 9.17) is 4.74 Å². The fourth-order valence-electron chi connectivity index (χ4n) is 3.03. The topological polar surface area (TPSA) is 71.5 Å². The number of piperazine rings is 1. The molecule has 9 heteroatoms. The molecule has 144 valence electrons. The van der Waals surface area contributed by atoms with Gasteiger partial charge in [0.05, 0.1) is 11.7 Å². The van der Waals surface area contributed by atoms with Crippen molar-refractivity contribution in [1.82, 2.24) is 18.6 Å². The van der Waals surface area contributed by atoms with Crippen LogP contribution in [0.2, 0.25) is 0 Å². The van der Waals surface area contributed by atoms with Gasteiger partial charge in [-0.05, 0) is 24.3 Å². The number of benzene rings is 1. The van der Waals surface area contributed by atoms with Gasteiger partial charge in [-0.2, -0.15) is 4.37 Å². The molecule has 3 heterocycles. The zero-order chi connectivity index (χ0) is 19.3. The van der Waals surface area contributed by atoms with Crippen molar-refractivity contribution in [2.75, 3.05) is 37.7 Å². The average Bonchev–Trinajstić information content (AvgIpc) is 3.21. The number of hydrogen-bond donors (Lipinski definition) is 0. The van der Waals surface area contributed by atoms with Crippen LogP contribution in [0.5, 0.6) is 5.88 Å². The first kappa shape index (κ1) is 18.3. The van der Waals surface area contributed by atoms with Crippen LogP contribution in [0.15, 0.2) is 48.7 Å². The lowest BCUT2D eigenvalue weighted by molar-refractivity contribution is -0.133. The van der Waals surface area contributed by atoms with Crippen molar-refractivity contribution >= 4 is 23.5 Å². The maximum Gasteiger partial charge on any atom is 0.260 e. The Balaban J connectivity index is 1.33. The van der Waals surface area contributed by atoms with Crippen molar-refractivity contribution in [3.05, 3.63) is 54.5 Å². The summed E-state index contributed by atoms with van der Waals surface area (Å²) < 4.78 is 27.3. The Labute approximate surface area is 165 Å². The van der Waals surface area contributed by atoms with Gasteiger partial charge in [-0.3, -0.25) is 4.79 Å². The molecule has 7 nitrogen and oxygen atoms in total. The fraction of sp³-hybridized carbons (Fsp3) is 0.263. The molecule has 0 unspecified atom stereocenters. The summed E-state index contributed by atoms with van der Waals surface area (Å²) >= 11 is 0.966. The molecule has 1 fully saturated rings. The fourth-order valence-corrected chi connectivity index (χ4v) is 3.55. The van der Waals surface area contributed by atoms with Gasteiger partial charge in [0, 0.05) is 37.9 Å². The number of pyridine rings is 1. The summed E-state index contributed by atoms with van der Waals surface area (Å²) in [7, 11) is 0. The maximum atomic E-state index is 13.4. The molecule has 1 saturated heterocycles. The van der Waals surface area contributed by atoms with Crippen molar-refractivity contribution in [3.63, 3.8) is 0 Å². The maximum absolute atomic E-state index is 13.4. The second-order valence-electron chi connectivity index (χ2n) is 6.27. The number of hydrogen-bond acceptors (Lipinski definition) is 7. The molecular formula is C19H18FN5O2S. The highest BCUT2D eigenvalue weighted by atomic mass is 32.1. The molecule has 0 saturated carbocycles. The van der Waals surface area contributed by atoms with Crippen molar-refractivity contribution in [2.24, 2.45) is 0 Å². The number of anilines is 1. The molecule has 0 atom stereocenters. The minimum atomic E-state index is -0.363. The molecule has 28 heavy (non-hydrogen) atoms. The van der Waals surface area contributed by atoms with Gasteiger partial charge in [0.1, 0.15) is 17.3 Å². The second-order valence-corrected chi connectivity index (χ2v) is 6.80. The van der Waals surface area contributed by atoms with E-state index >= 15 is 0 Å². The van der Waals surface area contributed by atoms with E-state index in [1.165, 1.54) is 12.1 Å². The number of amides is 1. The normalized spacial score (nSPS) is 14.2. The third-order valence-electron chi connectivity index (χ3n) is 4.49. The van der Waals surface area contributed by atoms with Gasteiger partial charge in [0.2, 0.25) is 0 Å². The van der Waals surface area contributed by atoms with Crippen LogP contribution in [-0.4, -0.2) is 57.3 Å². The van der Waals surface area contributed by atoms with Crippen LogP contribution < -0.4 is 9.64 Å². The first-order chi connectivity index (χ1) is 13.7. The first-order valence-corrected chi connectivity index (χ1v) is 9.59. The molecule has 2 aromatic heterocycles. The Morgan fingerprint density at radius 3 is 2.71 bits per heavy atom. The Morgan fingerprint density at radius 2 is 1.96 bits per heavy atom. The van der Waals surface area contributed by atoms with Crippen molar-refractivity contribution in [1.29, 1.82) is 0 Å². The van der Waals surface area contributed by atoms with Gasteiger partial charge >= 0.3 is 0 Å². The summed E-state index contributed by atoms with van der Waals surface area (Å²) in [5.41, 5.74) is 1.01. The van der Waals surface area contributed by atoms with Gasteiger partial charge in [0.15, 0.2) is 6.61 Å². The molecule has 0 spiro atoms. The second kappa shape index (κ2) is 8.30. The highest BCUT2D eigenvalue weighted by Gasteiger charge is 2.23. The standard InChI is InChI=1S/C19H18FN5O2S/c20-15-5-3-4-14(12-15)18-19(23-28-22-18)27-13-17(26)25-10-8-24(9-11-25)16-6-1-2-7-21-16/h1-7,12H,8-11,13H2. The summed E-state index contributed by atoms with van der Waals surface area (Å²) in [5.74, 6) is 0.687. The van der Waals surface area contributed by atoms with Crippen LogP contribution in [0.3, 0.4) is 0 Å². The third kappa shape index (κ3) is 4.09. The summed E-state index contributed by atoms with van der Waals surface area (Å²) in [6.07, 6.45) is 1.76. The Bertz CT molecular complexity index is 944. The van der Waals surface area contributed by atoms with Crippen molar-refractivity contribution in [2.45, 2.75) is 0 Å². The number of nitrogens with zero attached hydrogens (tertiary/aromatic N) is 5. The Kier molecular flexibility index (Phi) is 5.43. The van der Waals surface area contributed by atoms with Crippen LogP contribution >= 0.6 is 11.7 Å². The lowest BCUT2D eigenvalue weighted by atomic mass is 10.1. The summed E-state index contributed by atoms with van der Waals surface area (Å²) in [5, 5.41) is 0. The van der Waals surface area contributed by atoms with E-state index in [9.17, 15) is 9.18 Å². The minimum Gasteiger partial charge on any atom is -0.465 e. The van der Waals surface area contributed by atoms with Crippen LogP contribution in [-0.2, 0) is 4.79 Å². The number of carbonyl (C=O) groups is 1. The van der Waals surface area contributed by atoms with Crippen molar-refractivity contribution < 1.29 is 13.9 Å². The van der Waals surface area contributed by atoms with Crippen molar-refractivity contribution in [3.8, 4) is 17.1 Å². The minimum absolute atomic E-state index is 0.112. The molecule has 1 aliphatic rings. The van der Waals surface area contributed by atoms with E-state index < -0.39 is 0 Å². The van der Waals surface area contributed by atoms with E-state index in [0.29, 0.717) is 24.3 Å². The lowest BCUT2D eigenvalue weighted by Crippen LogP contribution is -2.50. The zero-order valence-corrected chi connectivity index (χ0v) is 15.8. The molecule has 0 aliphatic carbocycles.